The van der Waals surface area contributed by atoms with Crippen LogP contribution < -0.4 is 0 Å². The smallest absolute Gasteiger partial charge is 0.178 e. The Morgan fingerprint density at radius 2 is 1.81 bits per heavy atom. The van der Waals surface area contributed by atoms with Gasteiger partial charge in [0, 0.05) is 5.92 Å². The van der Waals surface area contributed by atoms with Crippen molar-refractivity contribution >= 4 is 9.84 Å². The Hall–Kier alpha value is -0.870. The molecule has 0 aromatic heterocycles. The van der Waals surface area contributed by atoms with Gasteiger partial charge in [-0.2, -0.15) is 0 Å². The number of aliphatic hydroxyl groups is 1. The molecule has 0 heterocycles. The molecule has 1 aromatic rings. The molecule has 1 N–H and O–H groups in total. The number of rotatable bonds is 3. The molecule has 3 nitrogen and oxygen atoms in total. The van der Waals surface area contributed by atoms with Gasteiger partial charge in [-0.1, -0.05) is 39.0 Å². The molecule has 4 atom stereocenters. The van der Waals surface area contributed by atoms with Crippen molar-refractivity contribution in [2.24, 2.45) is 22.7 Å². The van der Waals surface area contributed by atoms with E-state index in [4.69, 9.17) is 0 Å². The molecule has 2 aliphatic rings. The molecule has 2 bridgehead atoms. The highest BCUT2D eigenvalue weighted by Gasteiger charge is 2.66. The summed E-state index contributed by atoms with van der Waals surface area (Å²) in [6.45, 7) is 6.48. The molecule has 0 spiro atoms. The second kappa shape index (κ2) is 4.56. The fourth-order valence-electron chi connectivity index (χ4n) is 4.72. The Bertz CT molecular complexity index is 635. The van der Waals surface area contributed by atoms with E-state index in [2.05, 4.69) is 20.8 Å². The molecular formula is C17H24O3S. The lowest BCUT2D eigenvalue weighted by Crippen LogP contribution is -2.39. The Morgan fingerprint density at radius 1 is 1.19 bits per heavy atom. The van der Waals surface area contributed by atoms with E-state index in [-0.39, 0.29) is 28.4 Å². The Balaban J connectivity index is 1.91. The highest BCUT2D eigenvalue weighted by molar-refractivity contribution is 7.91. The molecule has 0 aliphatic heterocycles. The van der Waals surface area contributed by atoms with Gasteiger partial charge in [0.15, 0.2) is 9.84 Å². The first-order valence-corrected chi connectivity index (χ1v) is 9.31. The number of fused-ring (bicyclic) bond motifs is 2. The van der Waals surface area contributed by atoms with Crippen LogP contribution in [0.5, 0.6) is 0 Å². The molecule has 21 heavy (non-hydrogen) atoms. The van der Waals surface area contributed by atoms with Crippen LogP contribution in [0.2, 0.25) is 0 Å². The van der Waals surface area contributed by atoms with Gasteiger partial charge in [0.05, 0.1) is 16.8 Å². The van der Waals surface area contributed by atoms with E-state index in [1.54, 1.807) is 24.3 Å². The average molecular weight is 308 g/mol. The number of sulfone groups is 1. The van der Waals surface area contributed by atoms with Gasteiger partial charge in [0.1, 0.15) is 0 Å². The summed E-state index contributed by atoms with van der Waals surface area (Å²) < 4.78 is 25.2. The third kappa shape index (κ3) is 1.99. The summed E-state index contributed by atoms with van der Waals surface area (Å²) >= 11 is 0. The molecule has 0 radical (unpaired) electrons. The average Bonchev–Trinajstić information content (AvgIpc) is 2.74. The maximum Gasteiger partial charge on any atom is 0.178 e. The molecule has 4 heteroatoms. The number of aliphatic hydroxyl groups excluding tert-OH is 1. The summed E-state index contributed by atoms with van der Waals surface area (Å²) in [4.78, 5) is 0.364. The first-order chi connectivity index (χ1) is 9.70. The fourth-order valence-corrected chi connectivity index (χ4v) is 6.40. The predicted octanol–water partition coefficient (Wildman–Crippen LogP) is 2.89. The van der Waals surface area contributed by atoms with Gasteiger partial charge in [-0.15, -0.1) is 0 Å². The molecule has 1 aromatic carbocycles. The van der Waals surface area contributed by atoms with Crippen LogP contribution in [0.4, 0.5) is 0 Å². The number of hydrogen-bond donors (Lipinski definition) is 1. The lowest BCUT2D eigenvalue weighted by atomic mass is 9.70. The zero-order chi connectivity index (χ0) is 15.5. The van der Waals surface area contributed by atoms with E-state index >= 15 is 0 Å². The summed E-state index contributed by atoms with van der Waals surface area (Å²) in [6, 6.07) is 8.59. The van der Waals surface area contributed by atoms with Crippen molar-refractivity contribution in [1.82, 2.24) is 0 Å². The van der Waals surface area contributed by atoms with Crippen molar-refractivity contribution in [2.75, 3.05) is 5.75 Å². The van der Waals surface area contributed by atoms with Gasteiger partial charge in [-0.3, -0.25) is 0 Å². The van der Waals surface area contributed by atoms with Crippen molar-refractivity contribution in [3.63, 3.8) is 0 Å². The van der Waals surface area contributed by atoms with Gasteiger partial charge in [0.2, 0.25) is 0 Å². The first kappa shape index (κ1) is 15.0. The zero-order valence-corrected chi connectivity index (χ0v) is 13.7. The molecule has 116 valence electrons. The second-order valence-corrected chi connectivity index (χ2v) is 9.52. The summed E-state index contributed by atoms with van der Waals surface area (Å²) in [6.07, 6.45) is 1.49. The maximum atomic E-state index is 12.6. The molecular weight excluding hydrogens is 284 g/mol. The molecule has 3 rings (SSSR count). The molecule has 2 fully saturated rings. The second-order valence-electron chi connectivity index (χ2n) is 7.49. The molecule has 2 aliphatic carbocycles. The predicted molar refractivity (Wildman–Crippen MR) is 82.6 cm³/mol. The van der Waals surface area contributed by atoms with Gasteiger partial charge in [0.25, 0.3) is 0 Å². The van der Waals surface area contributed by atoms with Crippen molar-refractivity contribution < 1.29 is 13.5 Å². The van der Waals surface area contributed by atoms with Crippen molar-refractivity contribution in [3.8, 4) is 0 Å². The maximum absolute atomic E-state index is 12.6. The van der Waals surface area contributed by atoms with Gasteiger partial charge in [-0.05, 0) is 41.7 Å². The van der Waals surface area contributed by atoms with Crippen LogP contribution in [0.3, 0.4) is 0 Å². The Morgan fingerprint density at radius 3 is 2.33 bits per heavy atom. The van der Waals surface area contributed by atoms with Crippen molar-refractivity contribution in [3.05, 3.63) is 30.3 Å². The van der Waals surface area contributed by atoms with Crippen LogP contribution in [-0.4, -0.2) is 25.4 Å². The quantitative estimate of drug-likeness (QED) is 0.934. The number of benzene rings is 1. The topological polar surface area (TPSA) is 54.4 Å². The van der Waals surface area contributed by atoms with E-state index in [0.717, 1.165) is 12.8 Å². The van der Waals surface area contributed by atoms with Crippen LogP contribution in [-0.2, 0) is 9.84 Å². The fraction of sp³-hybridized carbons (Fsp3) is 0.647. The van der Waals surface area contributed by atoms with Crippen molar-refractivity contribution in [2.45, 2.75) is 44.6 Å². The minimum atomic E-state index is -3.34. The SMILES string of the molecule is CC1(C)[C@@H]2CC[C@@]1(C)[C@H](O)[C@@H]2CS(=O)(=O)c1ccccc1. The number of hydrogen-bond acceptors (Lipinski definition) is 3. The van der Waals surface area contributed by atoms with E-state index in [1.165, 1.54) is 0 Å². The molecule has 0 unspecified atom stereocenters. The molecule has 0 saturated heterocycles. The highest BCUT2D eigenvalue weighted by atomic mass is 32.2. The molecule has 0 amide bonds. The van der Waals surface area contributed by atoms with Crippen LogP contribution in [0.25, 0.3) is 0 Å². The Kier molecular flexibility index (Phi) is 3.27. The van der Waals surface area contributed by atoms with E-state index in [1.807, 2.05) is 6.07 Å². The standard InChI is InChI=1S/C17H24O3S/c1-16(2)14-9-10-17(16,3)15(18)13(14)11-21(19,20)12-7-5-4-6-8-12/h4-8,13-15,18H,9-11H2,1-3H3/t13-,14-,15-,17+/m1/s1. The lowest BCUT2D eigenvalue weighted by Gasteiger charge is -2.37. The minimum absolute atomic E-state index is 0.00327. The summed E-state index contributed by atoms with van der Waals surface area (Å²) in [5.41, 5.74) is -0.155. The highest BCUT2D eigenvalue weighted by Crippen LogP contribution is 2.67. The Labute approximate surface area is 127 Å². The van der Waals surface area contributed by atoms with Crippen molar-refractivity contribution in [1.29, 1.82) is 0 Å². The minimum Gasteiger partial charge on any atom is -0.392 e. The van der Waals surface area contributed by atoms with E-state index < -0.39 is 15.9 Å². The van der Waals surface area contributed by atoms with Crippen LogP contribution in [0.15, 0.2) is 35.2 Å². The third-order valence-corrected chi connectivity index (χ3v) is 8.28. The third-order valence-electron chi connectivity index (χ3n) is 6.46. The van der Waals surface area contributed by atoms with E-state index in [0.29, 0.717) is 4.90 Å². The zero-order valence-electron chi connectivity index (χ0n) is 12.9. The first-order valence-electron chi connectivity index (χ1n) is 7.66. The monoisotopic (exact) mass is 308 g/mol. The normalized spacial score (nSPS) is 37.8. The van der Waals surface area contributed by atoms with Gasteiger partial charge < -0.3 is 5.11 Å². The lowest BCUT2D eigenvalue weighted by molar-refractivity contribution is -0.00560. The van der Waals surface area contributed by atoms with Crippen LogP contribution in [0, 0.1) is 22.7 Å². The van der Waals surface area contributed by atoms with E-state index in [9.17, 15) is 13.5 Å². The summed E-state index contributed by atoms with van der Waals surface area (Å²) in [5, 5.41) is 10.7. The van der Waals surface area contributed by atoms with Gasteiger partial charge >= 0.3 is 0 Å². The largest absolute Gasteiger partial charge is 0.392 e. The summed E-state index contributed by atoms with van der Waals surface area (Å²) in [5.74, 6) is 0.196. The molecule has 2 saturated carbocycles. The summed E-state index contributed by atoms with van der Waals surface area (Å²) in [7, 11) is -3.34. The van der Waals surface area contributed by atoms with Crippen LogP contribution >= 0.6 is 0 Å². The van der Waals surface area contributed by atoms with Crippen LogP contribution in [0.1, 0.15) is 33.6 Å². The van der Waals surface area contributed by atoms with Gasteiger partial charge in [-0.25, -0.2) is 8.42 Å².